The molecular formula is C16H12ClN3S. The summed E-state index contributed by atoms with van der Waals surface area (Å²) in [6.45, 7) is 0. The number of nitrogens with one attached hydrogen (secondary N) is 1. The molecule has 0 aliphatic rings. The van der Waals surface area contributed by atoms with Crippen molar-refractivity contribution in [3.63, 3.8) is 0 Å². The van der Waals surface area contributed by atoms with Crippen molar-refractivity contribution in [1.29, 1.82) is 5.26 Å². The van der Waals surface area contributed by atoms with Gasteiger partial charge in [-0.2, -0.15) is 5.26 Å². The molecule has 2 heterocycles. The van der Waals surface area contributed by atoms with Crippen molar-refractivity contribution in [2.75, 3.05) is 0 Å². The van der Waals surface area contributed by atoms with E-state index in [4.69, 9.17) is 0 Å². The molecule has 0 spiro atoms. The number of allylic oxidation sites excluding steroid dienone is 1. The van der Waals surface area contributed by atoms with Gasteiger partial charge in [-0.15, -0.1) is 23.7 Å². The summed E-state index contributed by atoms with van der Waals surface area (Å²) in [4.78, 5) is 7.61. The Hall–Kier alpha value is -2.35. The summed E-state index contributed by atoms with van der Waals surface area (Å²) >= 11 is 1.48. The first-order valence-corrected chi connectivity index (χ1v) is 7.01. The minimum atomic E-state index is 0. The van der Waals surface area contributed by atoms with E-state index in [9.17, 15) is 5.26 Å². The minimum absolute atomic E-state index is 0. The van der Waals surface area contributed by atoms with Crippen molar-refractivity contribution in [3.05, 3.63) is 64.7 Å². The van der Waals surface area contributed by atoms with Gasteiger partial charge in [-0.25, -0.2) is 4.98 Å². The Morgan fingerprint density at radius 2 is 2.00 bits per heavy atom. The lowest BCUT2D eigenvalue weighted by Gasteiger charge is -1.95. The predicted molar refractivity (Wildman–Crippen MR) is 89.1 cm³/mol. The molecule has 0 saturated carbocycles. The van der Waals surface area contributed by atoms with Crippen molar-refractivity contribution in [1.82, 2.24) is 9.97 Å². The first kappa shape index (κ1) is 15.0. The number of aromatic amines is 1. The first-order chi connectivity index (χ1) is 9.86. The summed E-state index contributed by atoms with van der Waals surface area (Å²) in [7, 11) is 0. The number of hydrogen-bond acceptors (Lipinski definition) is 3. The predicted octanol–water partition coefficient (Wildman–Crippen LogP) is 4.62. The number of thiazole rings is 1. The van der Waals surface area contributed by atoms with Crippen LogP contribution in [-0.4, -0.2) is 9.97 Å². The quantitative estimate of drug-likeness (QED) is 0.717. The molecule has 0 saturated heterocycles. The summed E-state index contributed by atoms with van der Waals surface area (Å²) in [5.74, 6) is 0. The van der Waals surface area contributed by atoms with E-state index in [1.54, 1.807) is 0 Å². The second kappa shape index (κ2) is 6.89. The van der Waals surface area contributed by atoms with Crippen LogP contribution in [0.3, 0.4) is 0 Å². The topological polar surface area (TPSA) is 52.5 Å². The normalized spacial score (nSPS) is 10.7. The first-order valence-electron chi connectivity index (χ1n) is 6.13. The number of aromatic nitrogens is 2. The summed E-state index contributed by atoms with van der Waals surface area (Å²) in [6.07, 6.45) is 3.64. The van der Waals surface area contributed by atoms with Crippen LogP contribution in [0.15, 0.2) is 54.0 Å². The maximum absolute atomic E-state index is 9.29. The van der Waals surface area contributed by atoms with Gasteiger partial charge in [0.05, 0.1) is 11.3 Å². The van der Waals surface area contributed by atoms with Crippen LogP contribution in [0.2, 0.25) is 0 Å². The molecule has 0 aliphatic heterocycles. The zero-order valence-electron chi connectivity index (χ0n) is 11.0. The van der Waals surface area contributed by atoms with Gasteiger partial charge < -0.3 is 4.98 Å². The fourth-order valence-corrected chi connectivity index (χ4v) is 2.66. The molecule has 21 heavy (non-hydrogen) atoms. The molecule has 2 aromatic heterocycles. The summed E-state index contributed by atoms with van der Waals surface area (Å²) in [5.41, 5.74) is 3.43. The van der Waals surface area contributed by atoms with Gasteiger partial charge in [-0.1, -0.05) is 30.3 Å². The third kappa shape index (κ3) is 3.40. The van der Waals surface area contributed by atoms with Crippen LogP contribution in [0.4, 0.5) is 0 Å². The Balaban J connectivity index is 0.00000161. The zero-order valence-corrected chi connectivity index (χ0v) is 12.6. The SMILES string of the molecule is Cl.N#C/C(=C/c1ccc[nH]1)c1nc(-c2ccccc2)cs1. The van der Waals surface area contributed by atoms with Gasteiger partial charge >= 0.3 is 0 Å². The number of nitrogens with zero attached hydrogens (tertiary/aromatic N) is 2. The highest BCUT2D eigenvalue weighted by molar-refractivity contribution is 7.11. The fraction of sp³-hybridized carbons (Fsp3) is 0. The number of halogens is 1. The monoisotopic (exact) mass is 313 g/mol. The van der Waals surface area contributed by atoms with Crippen LogP contribution < -0.4 is 0 Å². The number of H-pyrrole nitrogens is 1. The van der Waals surface area contributed by atoms with Crippen molar-refractivity contribution < 1.29 is 0 Å². The molecule has 3 rings (SSSR count). The third-order valence-electron chi connectivity index (χ3n) is 2.85. The van der Waals surface area contributed by atoms with E-state index in [2.05, 4.69) is 16.0 Å². The Morgan fingerprint density at radius 3 is 2.67 bits per heavy atom. The van der Waals surface area contributed by atoms with E-state index >= 15 is 0 Å². The summed E-state index contributed by atoms with van der Waals surface area (Å²) in [6, 6.07) is 16.0. The average molecular weight is 314 g/mol. The van der Waals surface area contributed by atoms with E-state index in [-0.39, 0.29) is 12.4 Å². The smallest absolute Gasteiger partial charge is 0.134 e. The zero-order chi connectivity index (χ0) is 13.8. The van der Waals surface area contributed by atoms with Gasteiger partial charge in [-0.05, 0) is 18.2 Å². The maximum atomic E-state index is 9.29. The maximum Gasteiger partial charge on any atom is 0.134 e. The van der Waals surface area contributed by atoms with Crippen LogP contribution in [-0.2, 0) is 0 Å². The molecule has 1 N–H and O–H groups in total. The third-order valence-corrected chi connectivity index (χ3v) is 3.72. The number of rotatable bonds is 3. The molecule has 0 aliphatic carbocycles. The second-order valence-corrected chi connectivity index (χ2v) is 5.06. The lowest BCUT2D eigenvalue weighted by molar-refractivity contribution is 1.36. The Kier molecular flexibility index (Phi) is 4.94. The number of benzene rings is 1. The largest absolute Gasteiger partial charge is 0.362 e. The molecular weight excluding hydrogens is 302 g/mol. The molecule has 0 amide bonds. The molecule has 0 fully saturated rings. The summed E-state index contributed by atoms with van der Waals surface area (Å²) < 4.78 is 0. The second-order valence-electron chi connectivity index (χ2n) is 4.20. The molecule has 1 aromatic carbocycles. The Labute approximate surface area is 133 Å². The minimum Gasteiger partial charge on any atom is -0.362 e. The van der Waals surface area contributed by atoms with Gasteiger partial charge in [0.2, 0.25) is 0 Å². The van der Waals surface area contributed by atoms with Gasteiger partial charge in [-0.3, -0.25) is 0 Å². The Bertz CT molecular complexity index is 767. The molecule has 104 valence electrons. The Morgan fingerprint density at radius 1 is 1.19 bits per heavy atom. The highest BCUT2D eigenvalue weighted by atomic mass is 35.5. The standard InChI is InChI=1S/C16H11N3S.ClH/c17-10-13(9-14-7-4-8-18-14)16-19-15(11-20-16)12-5-2-1-3-6-12;/h1-9,11,18H;1H/b13-9-;. The highest BCUT2D eigenvalue weighted by Crippen LogP contribution is 2.26. The van der Waals surface area contributed by atoms with Crippen molar-refractivity contribution >= 4 is 35.4 Å². The van der Waals surface area contributed by atoms with Crippen molar-refractivity contribution in [2.24, 2.45) is 0 Å². The van der Waals surface area contributed by atoms with Gasteiger partial charge in [0, 0.05) is 22.8 Å². The average Bonchev–Trinajstić information content (AvgIpc) is 3.17. The van der Waals surface area contributed by atoms with E-state index < -0.39 is 0 Å². The highest BCUT2D eigenvalue weighted by Gasteiger charge is 2.08. The van der Waals surface area contributed by atoms with Crippen LogP contribution >= 0.6 is 23.7 Å². The van der Waals surface area contributed by atoms with E-state index in [0.29, 0.717) is 5.57 Å². The molecule has 0 radical (unpaired) electrons. The van der Waals surface area contributed by atoms with Crippen molar-refractivity contribution in [2.45, 2.75) is 0 Å². The van der Waals surface area contributed by atoms with Gasteiger partial charge in [0.1, 0.15) is 11.1 Å². The lowest BCUT2D eigenvalue weighted by atomic mass is 10.2. The molecule has 0 atom stereocenters. The van der Waals surface area contributed by atoms with Crippen LogP contribution in [0.5, 0.6) is 0 Å². The van der Waals surface area contributed by atoms with E-state index in [1.807, 2.05) is 60.1 Å². The fourth-order valence-electron chi connectivity index (χ4n) is 1.87. The van der Waals surface area contributed by atoms with Crippen LogP contribution in [0, 0.1) is 11.3 Å². The van der Waals surface area contributed by atoms with E-state index in [0.717, 1.165) is 22.0 Å². The molecule has 0 bridgehead atoms. The van der Waals surface area contributed by atoms with Crippen LogP contribution in [0.25, 0.3) is 22.9 Å². The van der Waals surface area contributed by atoms with Gasteiger partial charge in [0.15, 0.2) is 0 Å². The molecule has 3 nitrogen and oxygen atoms in total. The van der Waals surface area contributed by atoms with Gasteiger partial charge in [0.25, 0.3) is 0 Å². The number of nitriles is 1. The van der Waals surface area contributed by atoms with E-state index in [1.165, 1.54) is 11.3 Å². The van der Waals surface area contributed by atoms with Crippen LogP contribution in [0.1, 0.15) is 10.7 Å². The molecule has 0 unspecified atom stereocenters. The summed E-state index contributed by atoms with van der Waals surface area (Å²) in [5, 5.41) is 12.0. The lowest BCUT2D eigenvalue weighted by Crippen LogP contribution is -1.82. The number of hydrogen-bond donors (Lipinski definition) is 1. The van der Waals surface area contributed by atoms with Crippen molar-refractivity contribution in [3.8, 4) is 17.3 Å². The molecule has 5 heteroatoms. The molecule has 3 aromatic rings.